The van der Waals surface area contributed by atoms with Crippen molar-refractivity contribution >= 4 is 41.6 Å². The summed E-state index contributed by atoms with van der Waals surface area (Å²) in [5, 5.41) is 12.7. The number of benzene rings is 2. The number of hydrogen-bond donors (Lipinski definition) is 2. The van der Waals surface area contributed by atoms with Gasteiger partial charge in [-0.15, -0.1) is 5.10 Å². The van der Waals surface area contributed by atoms with Gasteiger partial charge in [-0.1, -0.05) is 59.6 Å². The third-order valence-corrected chi connectivity index (χ3v) is 3.24. The van der Waals surface area contributed by atoms with Gasteiger partial charge in [-0.05, 0) is 12.1 Å². The van der Waals surface area contributed by atoms with Crippen molar-refractivity contribution in [3.8, 4) is 0 Å². The highest BCUT2D eigenvalue weighted by molar-refractivity contribution is 6.33. The maximum Gasteiger partial charge on any atom is 0.234 e. The molecule has 22 heavy (non-hydrogen) atoms. The largest absolute Gasteiger partial charge is 0.367 e. The van der Waals surface area contributed by atoms with Gasteiger partial charge in [0.25, 0.3) is 0 Å². The summed E-state index contributed by atoms with van der Waals surface area (Å²) in [7, 11) is 0. The number of hydrogen-bond acceptors (Lipinski definition) is 3. The standard InChI is InChI=1S/C15H13Cl2N5/c16-13-7-3-1-5-11(13)9-19-21-15(18)22-20-10-12-6-2-4-8-14(12)17/h1-10H,(H3,18,21,22)/b19-9-,20-10-. The number of rotatable bonds is 4. The van der Waals surface area contributed by atoms with Gasteiger partial charge in [-0.25, -0.2) is 5.43 Å². The minimum absolute atomic E-state index is 0.0478. The number of halogens is 2. The van der Waals surface area contributed by atoms with E-state index in [0.29, 0.717) is 10.0 Å². The van der Waals surface area contributed by atoms with Crippen LogP contribution in [0.1, 0.15) is 11.1 Å². The molecule has 112 valence electrons. The van der Waals surface area contributed by atoms with Crippen LogP contribution in [0.25, 0.3) is 0 Å². The van der Waals surface area contributed by atoms with E-state index in [1.807, 2.05) is 36.4 Å². The molecule has 2 aromatic rings. The molecule has 0 bridgehead atoms. The molecule has 0 aliphatic rings. The first-order chi connectivity index (χ1) is 10.7. The molecule has 0 amide bonds. The van der Waals surface area contributed by atoms with Crippen LogP contribution in [-0.2, 0) is 0 Å². The fourth-order valence-electron chi connectivity index (χ4n) is 1.50. The van der Waals surface area contributed by atoms with E-state index in [0.717, 1.165) is 11.1 Å². The van der Waals surface area contributed by atoms with E-state index in [1.54, 1.807) is 18.3 Å². The van der Waals surface area contributed by atoms with E-state index >= 15 is 0 Å². The second-order valence-corrected chi connectivity index (χ2v) is 4.96. The molecule has 0 aromatic heterocycles. The molecule has 0 unspecified atom stereocenters. The summed E-state index contributed by atoms with van der Waals surface area (Å²) in [6.07, 6.45) is 3.05. The molecule has 2 aromatic carbocycles. The van der Waals surface area contributed by atoms with Gasteiger partial charge in [-0.2, -0.15) is 10.2 Å². The fraction of sp³-hybridized carbons (Fsp3) is 0. The Morgan fingerprint density at radius 1 is 0.909 bits per heavy atom. The highest BCUT2D eigenvalue weighted by Crippen LogP contribution is 2.12. The van der Waals surface area contributed by atoms with Gasteiger partial charge in [0.05, 0.1) is 12.4 Å². The summed E-state index contributed by atoms with van der Waals surface area (Å²) in [6.45, 7) is 0. The van der Waals surface area contributed by atoms with E-state index in [2.05, 4.69) is 20.7 Å². The van der Waals surface area contributed by atoms with Crippen molar-refractivity contribution in [1.82, 2.24) is 5.43 Å². The van der Waals surface area contributed by atoms with Crippen LogP contribution in [-0.4, -0.2) is 18.4 Å². The zero-order chi connectivity index (χ0) is 15.8. The van der Waals surface area contributed by atoms with Gasteiger partial charge in [0.15, 0.2) is 0 Å². The Bertz CT molecular complexity index is 725. The summed E-state index contributed by atoms with van der Waals surface area (Å²) < 4.78 is 0. The van der Waals surface area contributed by atoms with Gasteiger partial charge in [-0.3, -0.25) is 0 Å². The fourth-order valence-corrected chi connectivity index (χ4v) is 1.87. The average Bonchev–Trinajstić information content (AvgIpc) is 2.51. The Hall–Kier alpha value is -2.37. The third-order valence-electron chi connectivity index (χ3n) is 2.56. The van der Waals surface area contributed by atoms with Crippen molar-refractivity contribution in [2.45, 2.75) is 0 Å². The van der Waals surface area contributed by atoms with Gasteiger partial charge < -0.3 is 5.73 Å². The van der Waals surface area contributed by atoms with Gasteiger partial charge in [0.1, 0.15) is 0 Å². The first-order valence-electron chi connectivity index (χ1n) is 6.31. The highest BCUT2D eigenvalue weighted by Gasteiger charge is 1.95. The number of hydrazone groups is 1. The van der Waals surface area contributed by atoms with Gasteiger partial charge >= 0.3 is 0 Å². The van der Waals surface area contributed by atoms with Crippen LogP contribution >= 0.6 is 23.2 Å². The minimum atomic E-state index is 0.0478. The Kier molecular flexibility index (Phi) is 5.94. The van der Waals surface area contributed by atoms with E-state index in [-0.39, 0.29) is 5.96 Å². The molecule has 7 heteroatoms. The summed E-state index contributed by atoms with van der Waals surface area (Å²) in [5.41, 5.74) is 9.69. The van der Waals surface area contributed by atoms with Gasteiger partial charge in [0.2, 0.25) is 5.96 Å². The van der Waals surface area contributed by atoms with Crippen LogP contribution in [0.3, 0.4) is 0 Å². The molecular weight excluding hydrogens is 321 g/mol. The van der Waals surface area contributed by atoms with E-state index in [9.17, 15) is 0 Å². The summed E-state index contributed by atoms with van der Waals surface area (Å²) in [6, 6.07) is 14.6. The lowest BCUT2D eigenvalue weighted by atomic mass is 10.2. The predicted molar refractivity (Wildman–Crippen MR) is 92.9 cm³/mol. The summed E-state index contributed by atoms with van der Waals surface area (Å²) >= 11 is 12.0. The van der Waals surface area contributed by atoms with Crippen LogP contribution in [0.4, 0.5) is 0 Å². The molecule has 0 spiro atoms. The first kappa shape index (κ1) is 16.0. The van der Waals surface area contributed by atoms with Crippen molar-refractivity contribution in [2.75, 3.05) is 0 Å². The molecular formula is C15H13Cl2N5. The average molecular weight is 334 g/mol. The Balaban J connectivity index is 1.93. The molecule has 0 aliphatic heterocycles. The maximum absolute atomic E-state index is 5.99. The van der Waals surface area contributed by atoms with Crippen LogP contribution < -0.4 is 11.2 Å². The molecule has 0 atom stereocenters. The predicted octanol–water partition coefficient (Wildman–Crippen LogP) is 3.27. The second kappa shape index (κ2) is 8.17. The van der Waals surface area contributed by atoms with Crippen molar-refractivity contribution in [3.63, 3.8) is 0 Å². The first-order valence-corrected chi connectivity index (χ1v) is 7.07. The van der Waals surface area contributed by atoms with Gasteiger partial charge in [0, 0.05) is 21.2 Å². The molecule has 0 radical (unpaired) electrons. The minimum Gasteiger partial charge on any atom is -0.367 e. The Morgan fingerprint density at radius 3 is 2.05 bits per heavy atom. The maximum atomic E-state index is 5.99. The number of guanidine groups is 1. The Labute approximate surface area is 138 Å². The lowest BCUT2D eigenvalue weighted by Gasteiger charge is -1.98. The molecule has 0 saturated heterocycles. The van der Waals surface area contributed by atoms with Crippen LogP contribution in [0.2, 0.25) is 10.0 Å². The monoisotopic (exact) mass is 333 g/mol. The van der Waals surface area contributed by atoms with Crippen molar-refractivity contribution in [2.24, 2.45) is 21.0 Å². The smallest absolute Gasteiger partial charge is 0.234 e. The van der Waals surface area contributed by atoms with Crippen molar-refractivity contribution < 1.29 is 0 Å². The molecule has 2 rings (SSSR count). The van der Waals surface area contributed by atoms with E-state index < -0.39 is 0 Å². The SMILES string of the molecule is NC(=N/N=C\c1ccccc1Cl)N/N=C\c1ccccc1Cl. The molecule has 0 saturated carbocycles. The summed E-state index contributed by atoms with van der Waals surface area (Å²) in [5.74, 6) is 0.0478. The third kappa shape index (κ3) is 4.87. The zero-order valence-corrected chi connectivity index (χ0v) is 13.0. The highest BCUT2D eigenvalue weighted by atomic mass is 35.5. The van der Waals surface area contributed by atoms with Crippen molar-refractivity contribution in [1.29, 1.82) is 0 Å². The molecule has 5 nitrogen and oxygen atoms in total. The molecule has 3 N–H and O–H groups in total. The summed E-state index contributed by atoms with van der Waals surface area (Å²) in [4.78, 5) is 0. The quantitative estimate of drug-likeness (QED) is 0.512. The van der Waals surface area contributed by atoms with Crippen LogP contribution in [0.15, 0.2) is 63.8 Å². The molecule has 0 heterocycles. The normalized spacial score (nSPS) is 12.2. The number of nitrogens with one attached hydrogen (secondary N) is 1. The Morgan fingerprint density at radius 2 is 1.45 bits per heavy atom. The van der Waals surface area contributed by atoms with E-state index in [4.69, 9.17) is 28.9 Å². The molecule has 0 fully saturated rings. The van der Waals surface area contributed by atoms with Crippen molar-refractivity contribution in [3.05, 3.63) is 69.7 Å². The topological polar surface area (TPSA) is 75.1 Å². The lowest BCUT2D eigenvalue weighted by Crippen LogP contribution is -2.26. The lowest BCUT2D eigenvalue weighted by molar-refractivity contribution is 0.994. The van der Waals surface area contributed by atoms with E-state index in [1.165, 1.54) is 6.21 Å². The zero-order valence-electron chi connectivity index (χ0n) is 11.4. The second-order valence-electron chi connectivity index (χ2n) is 4.14. The van der Waals surface area contributed by atoms with Crippen LogP contribution in [0.5, 0.6) is 0 Å². The molecule has 0 aliphatic carbocycles. The number of nitrogens with zero attached hydrogens (tertiary/aromatic N) is 3. The van der Waals surface area contributed by atoms with Crippen LogP contribution in [0, 0.1) is 0 Å². The number of nitrogens with two attached hydrogens (primary N) is 1.